The van der Waals surface area contributed by atoms with Crippen molar-refractivity contribution >= 4 is 37.9 Å². The van der Waals surface area contributed by atoms with Gasteiger partial charge in [0, 0.05) is 25.5 Å². The second-order valence-electron chi connectivity index (χ2n) is 10.7. The molecule has 2 aliphatic rings. The third kappa shape index (κ3) is 7.73. The van der Waals surface area contributed by atoms with Crippen molar-refractivity contribution in [3.8, 4) is 34.5 Å². The molecule has 0 bridgehead atoms. The normalized spacial score (nSPS) is 15.2. The van der Waals surface area contributed by atoms with Gasteiger partial charge in [-0.3, -0.25) is 4.72 Å². The Labute approximate surface area is 257 Å². The molecular formula is C27H31BrN6O8S. The molecule has 16 heteroatoms. The maximum atomic E-state index is 13.6. The highest BCUT2D eigenvalue weighted by Gasteiger charge is 2.34. The number of likely N-dealkylation sites (tertiary alicyclic amines) is 1. The molecule has 230 valence electrons. The molecule has 1 amide bonds. The number of fused-ring (bicyclic) bond motifs is 1. The molecule has 4 heterocycles. The highest BCUT2D eigenvalue weighted by molar-refractivity contribution is 9.10. The van der Waals surface area contributed by atoms with Gasteiger partial charge in [-0.2, -0.15) is 0 Å². The van der Waals surface area contributed by atoms with Crippen molar-refractivity contribution < 1.29 is 36.9 Å². The van der Waals surface area contributed by atoms with Gasteiger partial charge in [-0.25, -0.2) is 33.1 Å². The number of benzene rings is 1. The largest absolute Gasteiger partial charge is 0.473 e. The number of piperidine rings is 1. The molecule has 0 aliphatic carbocycles. The van der Waals surface area contributed by atoms with Gasteiger partial charge in [0.2, 0.25) is 22.7 Å². The summed E-state index contributed by atoms with van der Waals surface area (Å²) in [5.41, 5.74) is 0.225. The van der Waals surface area contributed by atoms with E-state index in [1.807, 2.05) is 0 Å². The molecule has 0 unspecified atom stereocenters. The van der Waals surface area contributed by atoms with E-state index in [4.69, 9.17) is 23.7 Å². The standard InChI is InChI=1S/C27H31BrN6O8S/c1-27(2,3)42-26(35)34-8-6-19(7-9-34)43(36,37)33-23-22(17-4-5-20-21(12-17)41-16-40-20)24(32-15-31-23)38-10-11-39-25-29-13-18(28)14-30-25/h4-5,12-15,19H,6-11,16H2,1-3H3,(H,31,32,33). The number of nitrogens with one attached hydrogen (secondary N) is 1. The lowest BCUT2D eigenvalue weighted by molar-refractivity contribution is 0.0217. The van der Waals surface area contributed by atoms with Crippen LogP contribution < -0.4 is 23.7 Å². The fourth-order valence-corrected chi connectivity index (χ4v) is 6.04. The lowest BCUT2D eigenvalue weighted by Gasteiger charge is -2.33. The molecule has 2 aliphatic heterocycles. The van der Waals surface area contributed by atoms with E-state index < -0.39 is 27.0 Å². The molecule has 0 spiro atoms. The Bertz CT molecular complexity index is 1560. The zero-order valence-corrected chi connectivity index (χ0v) is 26.2. The summed E-state index contributed by atoms with van der Waals surface area (Å²) in [5.74, 6) is 1.22. The van der Waals surface area contributed by atoms with Gasteiger partial charge >= 0.3 is 12.1 Å². The molecule has 1 saturated heterocycles. The predicted molar refractivity (Wildman–Crippen MR) is 158 cm³/mol. The van der Waals surface area contributed by atoms with E-state index in [9.17, 15) is 13.2 Å². The number of amides is 1. The van der Waals surface area contributed by atoms with Crippen molar-refractivity contribution in [3.63, 3.8) is 0 Å². The summed E-state index contributed by atoms with van der Waals surface area (Å²) in [6.07, 6.45) is 4.34. The number of carbonyl (C=O) groups excluding carboxylic acids is 1. The SMILES string of the molecule is CC(C)(C)OC(=O)N1CCC(S(=O)(=O)Nc2ncnc(OCCOc3ncc(Br)cn3)c2-c2ccc3c(c2)OCO3)CC1. The molecule has 3 aromatic rings. The summed E-state index contributed by atoms with van der Waals surface area (Å²) >= 11 is 3.27. The minimum Gasteiger partial charge on any atom is -0.473 e. The van der Waals surface area contributed by atoms with Crippen LogP contribution in [0.4, 0.5) is 10.6 Å². The van der Waals surface area contributed by atoms with Gasteiger partial charge in [0.25, 0.3) is 0 Å². The molecule has 1 aromatic carbocycles. The fraction of sp³-hybridized carbons (Fsp3) is 0.444. The smallest absolute Gasteiger partial charge is 0.410 e. The summed E-state index contributed by atoms with van der Waals surface area (Å²) in [6.45, 7) is 6.08. The number of nitrogens with zero attached hydrogens (tertiary/aromatic N) is 5. The van der Waals surface area contributed by atoms with Crippen LogP contribution in [0.3, 0.4) is 0 Å². The first-order chi connectivity index (χ1) is 20.5. The van der Waals surface area contributed by atoms with Crippen LogP contribution >= 0.6 is 15.9 Å². The van der Waals surface area contributed by atoms with Crippen molar-refractivity contribution in [3.05, 3.63) is 41.4 Å². The third-order valence-corrected chi connectivity index (χ3v) is 8.63. The van der Waals surface area contributed by atoms with Gasteiger partial charge in [-0.05, 0) is 67.2 Å². The highest BCUT2D eigenvalue weighted by atomic mass is 79.9. The van der Waals surface area contributed by atoms with Crippen molar-refractivity contribution in [2.45, 2.75) is 44.5 Å². The maximum absolute atomic E-state index is 13.6. The van der Waals surface area contributed by atoms with Gasteiger partial charge in [-0.1, -0.05) is 6.07 Å². The van der Waals surface area contributed by atoms with E-state index in [1.165, 1.54) is 11.2 Å². The molecule has 1 N–H and O–H groups in total. The molecular weight excluding hydrogens is 648 g/mol. The van der Waals surface area contributed by atoms with Crippen LogP contribution in [0.15, 0.2) is 41.4 Å². The molecule has 0 saturated carbocycles. The van der Waals surface area contributed by atoms with Crippen LogP contribution in [-0.4, -0.2) is 83.3 Å². The lowest BCUT2D eigenvalue weighted by atomic mass is 10.1. The van der Waals surface area contributed by atoms with Crippen LogP contribution in [0, 0.1) is 0 Å². The highest BCUT2D eigenvalue weighted by Crippen LogP contribution is 2.41. The van der Waals surface area contributed by atoms with E-state index in [0.29, 0.717) is 27.1 Å². The van der Waals surface area contributed by atoms with Crippen LogP contribution in [0.1, 0.15) is 33.6 Å². The molecule has 0 atom stereocenters. The van der Waals surface area contributed by atoms with Crippen molar-refractivity contribution in [1.82, 2.24) is 24.8 Å². The average Bonchev–Trinajstić information content (AvgIpc) is 3.43. The molecule has 5 rings (SSSR count). The molecule has 2 aromatic heterocycles. The average molecular weight is 680 g/mol. The van der Waals surface area contributed by atoms with E-state index >= 15 is 0 Å². The predicted octanol–water partition coefficient (Wildman–Crippen LogP) is 4.02. The summed E-state index contributed by atoms with van der Waals surface area (Å²) in [6, 6.07) is 5.34. The quantitative estimate of drug-likeness (QED) is 0.324. The Hall–Kier alpha value is -3.92. The van der Waals surface area contributed by atoms with Crippen LogP contribution in [0.25, 0.3) is 11.1 Å². The number of rotatable bonds is 9. The lowest BCUT2D eigenvalue weighted by Crippen LogP contribution is -2.45. The van der Waals surface area contributed by atoms with E-state index in [1.54, 1.807) is 51.4 Å². The van der Waals surface area contributed by atoms with Gasteiger partial charge < -0.3 is 28.6 Å². The summed E-state index contributed by atoms with van der Waals surface area (Å²) < 4.78 is 58.3. The van der Waals surface area contributed by atoms with E-state index in [2.05, 4.69) is 40.6 Å². The zero-order valence-electron chi connectivity index (χ0n) is 23.8. The maximum Gasteiger partial charge on any atom is 0.410 e. The molecule has 0 radical (unpaired) electrons. The topological polar surface area (TPSA) is 164 Å². The van der Waals surface area contributed by atoms with Crippen molar-refractivity contribution in [1.29, 1.82) is 0 Å². The molecule has 43 heavy (non-hydrogen) atoms. The van der Waals surface area contributed by atoms with E-state index in [-0.39, 0.29) is 63.6 Å². The minimum absolute atomic E-state index is 0.0376. The van der Waals surface area contributed by atoms with Crippen LogP contribution in [0.5, 0.6) is 23.4 Å². The number of anilines is 1. The van der Waals surface area contributed by atoms with Crippen LogP contribution in [-0.2, 0) is 14.8 Å². The van der Waals surface area contributed by atoms with Gasteiger partial charge in [0.15, 0.2) is 17.3 Å². The summed E-state index contributed by atoms with van der Waals surface area (Å²) in [5, 5.41) is -0.755. The van der Waals surface area contributed by atoms with Crippen LogP contribution in [0.2, 0.25) is 0 Å². The molecule has 14 nitrogen and oxygen atoms in total. The van der Waals surface area contributed by atoms with Gasteiger partial charge in [0.1, 0.15) is 25.1 Å². The number of aromatic nitrogens is 4. The summed E-state index contributed by atoms with van der Waals surface area (Å²) in [4.78, 5) is 30.6. The number of hydrogen-bond donors (Lipinski definition) is 1. The van der Waals surface area contributed by atoms with Gasteiger partial charge in [0.05, 0.1) is 15.3 Å². The Balaban J connectivity index is 1.33. The third-order valence-electron chi connectivity index (χ3n) is 6.40. The number of ether oxygens (including phenoxy) is 5. The Kier molecular flexibility index (Phi) is 9.05. The number of sulfonamides is 1. The number of hydrogen-bond acceptors (Lipinski definition) is 12. The van der Waals surface area contributed by atoms with Gasteiger partial charge in [-0.15, -0.1) is 0 Å². The van der Waals surface area contributed by atoms with Crippen molar-refractivity contribution in [2.75, 3.05) is 37.8 Å². The fourth-order valence-electron chi connectivity index (χ4n) is 4.41. The van der Waals surface area contributed by atoms with E-state index in [0.717, 1.165) is 0 Å². The molecule has 1 fully saturated rings. The second-order valence-corrected chi connectivity index (χ2v) is 13.5. The second kappa shape index (κ2) is 12.8. The number of halogens is 1. The first kappa shape index (κ1) is 30.5. The first-order valence-corrected chi connectivity index (χ1v) is 15.8. The Morgan fingerprint density at radius 1 is 1.05 bits per heavy atom. The minimum atomic E-state index is -3.92. The summed E-state index contributed by atoms with van der Waals surface area (Å²) in [7, 11) is -3.92. The van der Waals surface area contributed by atoms with Crippen molar-refractivity contribution in [2.24, 2.45) is 0 Å². The number of carbonyl (C=O) groups is 1. The Morgan fingerprint density at radius 2 is 1.74 bits per heavy atom. The Morgan fingerprint density at radius 3 is 2.47 bits per heavy atom. The zero-order chi connectivity index (χ0) is 30.6. The monoisotopic (exact) mass is 678 g/mol. The first-order valence-electron chi connectivity index (χ1n) is 13.5.